The summed E-state index contributed by atoms with van der Waals surface area (Å²) in [6.45, 7) is 2.98. The molecule has 162 valence electrons. The number of nitrogen functional groups attached to an aromatic ring is 1. The molecule has 7 heteroatoms. The van der Waals surface area contributed by atoms with Gasteiger partial charge in [-0.3, -0.25) is 4.90 Å². The van der Waals surface area contributed by atoms with Gasteiger partial charge in [-0.1, -0.05) is 12.1 Å². The third kappa shape index (κ3) is 4.51. The van der Waals surface area contributed by atoms with Crippen LogP contribution in [-0.2, 0) is 6.18 Å². The van der Waals surface area contributed by atoms with Gasteiger partial charge in [0.05, 0.1) is 5.56 Å². The van der Waals surface area contributed by atoms with Crippen LogP contribution in [0.1, 0.15) is 38.2 Å². The summed E-state index contributed by atoms with van der Waals surface area (Å²) in [7, 11) is 0. The average molecular weight is 420 g/mol. The SMILES string of the molecule is CC1(Oc2ccc(N)cc2)C[C@H]2CC[C@@H](C1)N2CCOc1ccccc1C(F)(F)F. The molecular formula is C23H27F3N2O2. The highest BCUT2D eigenvalue weighted by atomic mass is 19.4. The molecule has 2 aliphatic rings. The Morgan fingerprint density at radius 1 is 1.03 bits per heavy atom. The Labute approximate surface area is 174 Å². The number of hydrogen-bond acceptors (Lipinski definition) is 4. The lowest BCUT2D eigenvalue weighted by atomic mass is 9.87. The van der Waals surface area contributed by atoms with E-state index in [1.54, 1.807) is 6.07 Å². The maximum absolute atomic E-state index is 13.1. The first kappa shape index (κ1) is 20.8. The standard InChI is InChI=1S/C23H27F3N2O2/c1-22(30-19-10-6-16(27)7-11-19)14-17-8-9-18(15-22)28(17)12-13-29-21-5-3-2-4-20(21)23(24,25)26/h2-7,10-11,17-18H,8-9,12-15,27H2,1H3/t17-,18+,22?. The molecule has 2 fully saturated rings. The van der Waals surface area contributed by atoms with Crippen molar-refractivity contribution in [1.29, 1.82) is 0 Å². The van der Waals surface area contributed by atoms with Crippen molar-refractivity contribution in [3.05, 3.63) is 54.1 Å². The number of benzene rings is 2. The van der Waals surface area contributed by atoms with Crippen LogP contribution in [0.4, 0.5) is 18.9 Å². The highest BCUT2D eigenvalue weighted by Gasteiger charge is 2.47. The number of rotatable bonds is 6. The summed E-state index contributed by atoms with van der Waals surface area (Å²) in [5.41, 5.74) is 5.47. The Morgan fingerprint density at radius 2 is 1.67 bits per heavy atom. The normalized spacial score (nSPS) is 26.5. The molecule has 4 nitrogen and oxygen atoms in total. The Balaban J connectivity index is 1.35. The van der Waals surface area contributed by atoms with E-state index in [0.717, 1.165) is 37.5 Å². The summed E-state index contributed by atoms with van der Waals surface area (Å²) in [5, 5.41) is 0. The highest BCUT2D eigenvalue weighted by Crippen LogP contribution is 2.43. The zero-order valence-electron chi connectivity index (χ0n) is 17.0. The van der Waals surface area contributed by atoms with Crippen LogP contribution in [0.15, 0.2) is 48.5 Å². The molecule has 1 unspecified atom stereocenters. The van der Waals surface area contributed by atoms with Crippen LogP contribution < -0.4 is 15.2 Å². The first-order valence-electron chi connectivity index (χ1n) is 10.3. The molecule has 2 aromatic carbocycles. The molecule has 2 aliphatic heterocycles. The molecule has 3 atom stereocenters. The van der Waals surface area contributed by atoms with Crippen molar-refractivity contribution in [2.75, 3.05) is 18.9 Å². The highest BCUT2D eigenvalue weighted by molar-refractivity contribution is 5.41. The van der Waals surface area contributed by atoms with Gasteiger partial charge in [-0.15, -0.1) is 0 Å². The fourth-order valence-corrected chi connectivity index (χ4v) is 4.89. The Hall–Kier alpha value is -2.41. The van der Waals surface area contributed by atoms with Crippen molar-refractivity contribution in [3.8, 4) is 11.5 Å². The quantitative estimate of drug-likeness (QED) is 0.658. The van der Waals surface area contributed by atoms with E-state index in [1.165, 1.54) is 12.1 Å². The van der Waals surface area contributed by atoms with Gasteiger partial charge in [-0.05, 0) is 56.2 Å². The molecule has 0 amide bonds. The number of ether oxygens (including phenoxy) is 2. The van der Waals surface area contributed by atoms with Crippen LogP contribution >= 0.6 is 0 Å². The second kappa shape index (κ2) is 8.02. The average Bonchev–Trinajstić information content (AvgIpc) is 2.94. The van der Waals surface area contributed by atoms with Gasteiger partial charge in [0.25, 0.3) is 0 Å². The van der Waals surface area contributed by atoms with E-state index in [4.69, 9.17) is 15.2 Å². The molecular weight excluding hydrogens is 393 g/mol. The number of hydrogen-bond donors (Lipinski definition) is 1. The van der Waals surface area contributed by atoms with Gasteiger partial charge in [0.15, 0.2) is 0 Å². The van der Waals surface area contributed by atoms with E-state index < -0.39 is 11.7 Å². The minimum atomic E-state index is -4.41. The summed E-state index contributed by atoms with van der Waals surface area (Å²) < 4.78 is 51.3. The molecule has 0 aromatic heterocycles. The largest absolute Gasteiger partial charge is 0.492 e. The van der Waals surface area contributed by atoms with Gasteiger partial charge < -0.3 is 15.2 Å². The molecule has 2 heterocycles. The molecule has 0 radical (unpaired) electrons. The fourth-order valence-electron chi connectivity index (χ4n) is 4.89. The Kier molecular flexibility index (Phi) is 5.57. The van der Waals surface area contributed by atoms with Gasteiger partial charge in [0.1, 0.15) is 23.7 Å². The van der Waals surface area contributed by atoms with E-state index in [9.17, 15) is 13.2 Å². The summed E-state index contributed by atoms with van der Waals surface area (Å²) >= 11 is 0. The molecule has 0 aliphatic carbocycles. The van der Waals surface area contributed by atoms with Crippen LogP contribution in [0.2, 0.25) is 0 Å². The van der Waals surface area contributed by atoms with Crippen molar-refractivity contribution >= 4 is 5.69 Å². The predicted octanol–water partition coefficient (Wildman–Crippen LogP) is 5.13. The van der Waals surface area contributed by atoms with E-state index in [2.05, 4.69) is 11.8 Å². The molecule has 0 spiro atoms. The number of alkyl halides is 3. The van der Waals surface area contributed by atoms with Gasteiger partial charge in [-0.2, -0.15) is 13.2 Å². The fraction of sp³-hybridized carbons (Fsp3) is 0.478. The minimum absolute atomic E-state index is 0.106. The second-order valence-corrected chi connectivity index (χ2v) is 8.49. The van der Waals surface area contributed by atoms with Crippen molar-refractivity contribution in [2.45, 2.75) is 56.5 Å². The number of piperidine rings is 1. The summed E-state index contributed by atoms with van der Waals surface area (Å²) in [4.78, 5) is 2.38. The van der Waals surface area contributed by atoms with E-state index >= 15 is 0 Å². The molecule has 30 heavy (non-hydrogen) atoms. The van der Waals surface area contributed by atoms with Crippen molar-refractivity contribution in [2.24, 2.45) is 0 Å². The lowest BCUT2D eigenvalue weighted by Gasteiger charge is -2.44. The zero-order chi connectivity index (χ0) is 21.4. The molecule has 4 rings (SSSR count). The molecule has 2 N–H and O–H groups in total. The maximum Gasteiger partial charge on any atom is 0.419 e. The third-order valence-corrected chi connectivity index (χ3v) is 6.15. The van der Waals surface area contributed by atoms with Gasteiger partial charge in [0.2, 0.25) is 0 Å². The van der Waals surface area contributed by atoms with Crippen LogP contribution in [0, 0.1) is 0 Å². The number of para-hydroxylation sites is 1. The number of fused-ring (bicyclic) bond motifs is 2. The minimum Gasteiger partial charge on any atom is -0.492 e. The lowest BCUT2D eigenvalue weighted by molar-refractivity contribution is -0.139. The summed E-state index contributed by atoms with van der Waals surface area (Å²) in [6.07, 6.45) is -0.503. The molecule has 2 aromatic rings. The third-order valence-electron chi connectivity index (χ3n) is 6.15. The number of halogens is 3. The van der Waals surface area contributed by atoms with Crippen LogP contribution in [-0.4, -0.2) is 35.7 Å². The second-order valence-electron chi connectivity index (χ2n) is 8.49. The van der Waals surface area contributed by atoms with Gasteiger partial charge >= 0.3 is 6.18 Å². The van der Waals surface area contributed by atoms with Crippen LogP contribution in [0.3, 0.4) is 0 Å². The number of anilines is 1. The van der Waals surface area contributed by atoms with Crippen molar-refractivity contribution < 1.29 is 22.6 Å². The zero-order valence-corrected chi connectivity index (χ0v) is 17.0. The number of nitrogens with two attached hydrogens (primary N) is 1. The lowest BCUT2D eigenvalue weighted by Crippen LogP contribution is -2.53. The predicted molar refractivity (Wildman–Crippen MR) is 110 cm³/mol. The Bertz CT molecular complexity index is 855. The van der Waals surface area contributed by atoms with E-state index in [0.29, 0.717) is 24.3 Å². The molecule has 2 bridgehead atoms. The first-order chi connectivity index (χ1) is 14.2. The van der Waals surface area contributed by atoms with E-state index in [1.807, 2.05) is 24.3 Å². The smallest absolute Gasteiger partial charge is 0.419 e. The summed E-state index contributed by atoms with van der Waals surface area (Å²) in [5.74, 6) is 0.706. The molecule has 0 saturated carbocycles. The number of nitrogens with zero attached hydrogens (tertiary/aromatic N) is 1. The summed E-state index contributed by atoms with van der Waals surface area (Å²) in [6, 6.07) is 13.5. The van der Waals surface area contributed by atoms with Crippen LogP contribution in [0.25, 0.3) is 0 Å². The van der Waals surface area contributed by atoms with Crippen LogP contribution in [0.5, 0.6) is 11.5 Å². The molecule has 2 saturated heterocycles. The Morgan fingerprint density at radius 3 is 2.30 bits per heavy atom. The van der Waals surface area contributed by atoms with Gasteiger partial charge in [-0.25, -0.2) is 0 Å². The topological polar surface area (TPSA) is 47.7 Å². The first-order valence-corrected chi connectivity index (χ1v) is 10.3. The van der Waals surface area contributed by atoms with Crippen molar-refractivity contribution in [1.82, 2.24) is 4.90 Å². The monoisotopic (exact) mass is 420 g/mol. The maximum atomic E-state index is 13.1. The van der Waals surface area contributed by atoms with Gasteiger partial charge in [0, 0.05) is 37.2 Å². The van der Waals surface area contributed by atoms with Crippen molar-refractivity contribution in [3.63, 3.8) is 0 Å². The van der Waals surface area contributed by atoms with E-state index in [-0.39, 0.29) is 18.0 Å².